The molecule has 0 amide bonds. The molecule has 136 valence electrons. The van der Waals surface area contributed by atoms with Crippen LogP contribution >= 0.6 is 15.9 Å². The van der Waals surface area contributed by atoms with Crippen molar-refractivity contribution < 1.29 is 19.4 Å². The highest BCUT2D eigenvalue weighted by Gasteiger charge is 2.44. The van der Waals surface area contributed by atoms with E-state index in [-0.39, 0.29) is 23.3 Å². The average molecular weight is 425 g/mol. The minimum Gasteiger partial charge on any atom is -0.511 e. The normalized spacial score (nSPS) is 19.8. The number of rotatable bonds is 4. The molecule has 0 saturated carbocycles. The summed E-state index contributed by atoms with van der Waals surface area (Å²) < 4.78 is 11.9. The average Bonchev–Trinajstić information content (AvgIpc) is 2.71. The van der Waals surface area contributed by atoms with E-state index in [0.717, 1.165) is 16.3 Å². The number of cyclic esters (lactones) is 1. The fourth-order valence-corrected chi connectivity index (χ4v) is 3.53. The van der Waals surface area contributed by atoms with Gasteiger partial charge in [0.25, 0.3) is 0 Å². The number of carbonyl (C=O) groups excluding carboxylic acids is 1. The minimum atomic E-state index is -1.10. The van der Waals surface area contributed by atoms with E-state index in [2.05, 4.69) is 15.9 Å². The summed E-state index contributed by atoms with van der Waals surface area (Å²) in [5, 5.41) is 12.3. The van der Waals surface area contributed by atoms with E-state index in [4.69, 9.17) is 9.47 Å². The largest absolute Gasteiger partial charge is 0.511 e. The van der Waals surface area contributed by atoms with Crippen molar-refractivity contribution in [3.8, 4) is 5.75 Å². The summed E-state index contributed by atoms with van der Waals surface area (Å²) in [6.45, 7) is 0.0844. The molecule has 0 bridgehead atoms. The molecule has 0 aromatic heterocycles. The Labute approximate surface area is 165 Å². The third-order valence-corrected chi connectivity index (χ3v) is 5.47. The van der Waals surface area contributed by atoms with Gasteiger partial charge in [0.2, 0.25) is 0 Å². The summed E-state index contributed by atoms with van der Waals surface area (Å²) in [5.74, 6) is 0.0494. The monoisotopic (exact) mass is 424 g/mol. The highest BCUT2D eigenvalue weighted by molar-refractivity contribution is 9.12. The van der Waals surface area contributed by atoms with E-state index in [1.54, 1.807) is 0 Å². The fraction of sp³-hybridized carbons (Fsp3) is 0.136. The number of carbonyl (C=O) groups is 1. The highest BCUT2D eigenvalue weighted by Crippen LogP contribution is 2.40. The van der Waals surface area contributed by atoms with Crippen molar-refractivity contribution in [2.45, 2.75) is 12.0 Å². The van der Waals surface area contributed by atoms with Crippen LogP contribution in [0, 0.1) is 0 Å². The molecule has 3 aromatic rings. The lowest BCUT2D eigenvalue weighted by atomic mass is 9.88. The number of fused-ring (bicyclic) bond motifs is 1. The molecule has 27 heavy (non-hydrogen) atoms. The van der Waals surface area contributed by atoms with Crippen LogP contribution < -0.4 is 4.74 Å². The molecule has 4 nitrogen and oxygen atoms in total. The van der Waals surface area contributed by atoms with Crippen LogP contribution in [-0.4, -0.2) is 17.7 Å². The minimum absolute atomic E-state index is 0.0448. The third-order valence-electron chi connectivity index (χ3n) is 4.68. The van der Waals surface area contributed by atoms with E-state index in [1.807, 2.05) is 72.8 Å². The number of benzene rings is 3. The van der Waals surface area contributed by atoms with Crippen molar-refractivity contribution in [1.82, 2.24) is 0 Å². The molecule has 5 heteroatoms. The maximum absolute atomic E-state index is 12.3. The van der Waals surface area contributed by atoms with Gasteiger partial charge < -0.3 is 14.6 Å². The maximum atomic E-state index is 12.3. The third kappa shape index (κ3) is 3.30. The lowest BCUT2D eigenvalue weighted by Crippen LogP contribution is -2.42. The van der Waals surface area contributed by atoms with Crippen LogP contribution in [0.4, 0.5) is 0 Å². The summed E-state index contributed by atoms with van der Waals surface area (Å²) in [5.41, 5.74) is -0.332. The Morgan fingerprint density at radius 1 is 1.00 bits per heavy atom. The van der Waals surface area contributed by atoms with Crippen molar-refractivity contribution in [3.05, 3.63) is 88.6 Å². The van der Waals surface area contributed by atoms with Crippen LogP contribution in [0.2, 0.25) is 0 Å². The van der Waals surface area contributed by atoms with Gasteiger partial charge in [0, 0.05) is 5.39 Å². The van der Waals surface area contributed by atoms with Gasteiger partial charge in [-0.15, -0.1) is 0 Å². The van der Waals surface area contributed by atoms with Crippen LogP contribution in [0.25, 0.3) is 10.8 Å². The Morgan fingerprint density at radius 2 is 1.70 bits per heavy atom. The SMILES string of the molecule is O=C1OC(COc2cccc3ccccc23)(c2ccccc2)CC(O)=C1Br. The highest BCUT2D eigenvalue weighted by atomic mass is 79.9. The first-order valence-electron chi connectivity index (χ1n) is 8.56. The van der Waals surface area contributed by atoms with Gasteiger partial charge in [-0.05, 0) is 32.9 Å². The predicted octanol–water partition coefficient (Wildman–Crippen LogP) is 5.23. The second-order valence-electron chi connectivity index (χ2n) is 6.45. The zero-order chi connectivity index (χ0) is 18.9. The number of hydrogen-bond donors (Lipinski definition) is 1. The summed E-state index contributed by atoms with van der Waals surface area (Å²) >= 11 is 3.09. The molecule has 3 aromatic carbocycles. The quantitative estimate of drug-likeness (QED) is 0.582. The molecular formula is C22H17BrO4. The van der Waals surface area contributed by atoms with E-state index in [1.165, 1.54) is 0 Å². The predicted molar refractivity (Wildman–Crippen MR) is 107 cm³/mol. The number of esters is 1. The van der Waals surface area contributed by atoms with E-state index in [9.17, 15) is 9.90 Å². The Balaban J connectivity index is 1.72. The zero-order valence-electron chi connectivity index (χ0n) is 14.4. The van der Waals surface area contributed by atoms with Crippen LogP contribution in [0.3, 0.4) is 0 Å². The second-order valence-corrected chi connectivity index (χ2v) is 7.25. The summed E-state index contributed by atoms with van der Waals surface area (Å²) in [6.07, 6.45) is 0.133. The first kappa shape index (κ1) is 17.6. The van der Waals surface area contributed by atoms with Gasteiger partial charge in [-0.2, -0.15) is 0 Å². The van der Waals surface area contributed by atoms with Gasteiger partial charge in [-0.3, -0.25) is 0 Å². The van der Waals surface area contributed by atoms with Crippen molar-refractivity contribution in [2.75, 3.05) is 6.61 Å². The molecule has 1 aliphatic heterocycles. The molecule has 1 heterocycles. The number of aliphatic hydroxyl groups excluding tert-OH is 1. The van der Waals surface area contributed by atoms with E-state index in [0.29, 0.717) is 5.75 Å². The van der Waals surface area contributed by atoms with Gasteiger partial charge in [-0.25, -0.2) is 4.79 Å². The molecule has 1 atom stereocenters. The zero-order valence-corrected chi connectivity index (χ0v) is 16.0. The first-order valence-corrected chi connectivity index (χ1v) is 9.35. The van der Waals surface area contributed by atoms with Crippen LogP contribution in [-0.2, 0) is 15.1 Å². The molecule has 0 radical (unpaired) electrons. The van der Waals surface area contributed by atoms with Crippen molar-refractivity contribution in [2.24, 2.45) is 0 Å². The Hall–Kier alpha value is -2.79. The fourth-order valence-electron chi connectivity index (χ4n) is 3.31. The Kier molecular flexibility index (Phi) is 4.62. The molecular weight excluding hydrogens is 408 g/mol. The van der Waals surface area contributed by atoms with Gasteiger partial charge in [0.1, 0.15) is 22.6 Å². The maximum Gasteiger partial charge on any atom is 0.349 e. The number of halogens is 1. The molecule has 1 N–H and O–H groups in total. The van der Waals surface area contributed by atoms with Crippen LogP contribution in [0.15, 0.2) is 83.0 Å². The Morgan fingerprint density at radius 3 is 2.48 bits per heavy atom. The smallest absolute Gasteiger partial charge is 0.349 e. The molecule has 1 aliphatic rings. The molecule has 0 aliphatic carbocycles. The topological polar surface area (TPSA) is 55.8 Å². The number of hydrogen-bond acceptors (Lipinski definition) is 4. The molecule has 1 unspecified atom stereocenters. The molecule has 0 saturated heterocycles. The first-order chi connectivity index (χ1) is 13.1. The van der Waals surface area contributed by atoms with E-state index >= 15 is 0 Å². The summed E-state index contributed by atoms with van der Waals surface area (Å²) in [6, 6.07) is 23.1. The number of ether oxygens (including phenoxy) is 2. The van der Waals surface area contributed by atoms with E-state index < -0.39 is 11.6 Å². The lowest BCUT2D eigenvalue weighted by molar-refractivity contribution is -0.163. The molecule has 4 rings (SSSR count). The van der Waals surface area contributed by atoms with Gasteiger partial charge >= 0.3 is 5.97 Å². The van der Waals surface area contributed by atoms with Crippen molar-refractivity contribution >= 4 is 32.7 Å². The van der Waals surface area contributed by atoms with Crippen molar-refractivity contribution in [1.29, 1.82) is 0 Å². The summed E-state index contributed by atoms with van der Waals surface area (Å²) in [7, 11) is 0. The molecule has 0 spiro atoms. The second kappa shape index (κ2) is 7.08. The van der Waals surface area contributed by atoms with Gasteiger partial charge in [0.05, 0.1) is 6.42 Å². The van der Waals surface area contributed by atoms with Gasteiger partial charge in [-0.1, -0.05) is 66.7 Å². The van der Waals surface area contributed by atoms with Crippen molar-refractivity contribution in [3.63, 3.8) is 0 Å². The summed E-state index contributed by atoms with van der Waals surface area (Å²) in [4.78, 5) is 12.3. The van der Waals surface area contributed by atoms with Gasteiger partial charge in [0.15, 0.2) is 5.60 Å². The standard InChI is InChI=1S/C22H17BrO4/c23-20-18(24)13-22(27-21(20)25,16-9-2-1-3-10-16)14-26-19-12-6-8-15-7-4-5-11-17(15)19/h1-12,24H,13-14H2. The lowest BCUT2D eigenvalue weighted by Gasteiger charge is -2.36. The Bertz CT molecular complexity index is 1020. The van der Waals surface area contributed by atoms with Crippen LogP contribution in [0.1, 0.15) is 12.0 Å². The number of aliphatic hydroxyl groups is 1. The molecule has 0 fully saturated rings. The van der Waals surface area contributed by atoms with Crippen LogP contribution in [0.5, 0.6) is 5.75 Å².